The Morgan fingerprint density at radius 1 is 1.38 bits per heavy atom. The van der Waals surface area contributed by atoms with Gasteiger partial charge in [-0.15, -0.1) is 0 Å². The summed E-state index contributed by atoms with van der Waals surface area (Å²) in [6.45, 7) is 6.34. The van der Waals surface area contributed by atoms with Crippen LogP contribution in [-0.4, -0.2) is 46.5 Å². The molecule has 0 fully saturated rings. The Morgan fingerprint density at radius 2 is 2.00 bits per heavy atom. The standard InChI is InChI=1S/C11H21NO3S/c1-4-12(7-11(14)15)10(13)8-16-6-5-9(2)3/h9H,4-8H2,1-3H3,(H,14,15). The highest BCUT2D eigenvalue weighted by molar-refractivity contribution is 7.99. The fraction of sp³-hybridized carbons (Fsp3) is 0.818. The molecule has 0 aliphatic carbocycles. The minimum Gasteiger partial charge on any atom is -0.480 e. The Kier molecular flexibility index (Phi) is 8.07. The summed E-state index contributed by atoms with van der Waals surface area (Å²) < 4.78 is 0. The monoisotopic (exact) mass is 247 g/mol. The van der Waals surface area contributed by atoms with Gasteiger partial charge >= 0.3 is 5.97 Å². The normalized spacial score (nSPS) is 10.5. The van der Waals surface area contributed by atoms with Gasteiger partial charge in [0.2, 0.25) is 5.91 Å². The zero-order chi connectivity index (χ0) is 12.6. The molecule has 0 spiro atoms. The minimum absolute atomic E-state index is 0.0846. The first-order chi connectivity index (χ1) is 7.47. The Morgan fingerprint density at radius 3 is 2.44 bits per heavy atom. The van der Waals surface area contributed by atoms with Gasteiger partial charge in [-0.2, -0.15) is 11.8 Å². The fourth-order valence-corrected chi connectivity index (χ4v) is 2.25. The quantitative estimate of drug-likeness (QED) is 0.663. The van der Waals surface area contributed by atoms with Crippen molar-refractivity contribution < 1.29 is 14.7 Å². The van der Waals surface area contributed by atoms with Gasteiger partial charge in [-0.1, -0.05) is 13.8 Å². The van der Waals surface area contributed by atoms with Crippen molar-refractivity contribution in [2.75, 3.05) is 24.6 Å². The third-order valence-electron chi connectivity index (χ3n) is 2.13. The lowest BCUT2D eigenvalue weighted by atomic mass is 10.2. The molecule has 0 aromatic carbocycles. The van der Waals surface area contributed by atoms with Crippen LogP contribution in [0.15, 0.2) is 0 Å². The van der Waals surface area contributed by atoms with Crippen LogP contribution in [0.2, 0.25) is 0 Å². The Balaban J connectivity index is 3.80. The van der Waals surface area contributed by atoms with E-state index in [4.69, 9.17) is 5.11 Å². The second kappa shape index (κ2) is 8.44. The SMILES string of the molecule is CCN(CC(=O)O)C(=O)CSCCC(C)C. The number of aliphatic carboxylic acids is 1. The highest BCUT2D eigenvalue weighted by Gasteiger charge is 2.14. The molecule has 1 N–H and O–H groups in total. The molecule has 0 aliphatic heterocycles. The summed E-state index contributed by atoms with van der Waals surface area (Å²) in [5.74, 6) is 0.937. The predicted molar refractivity (Wildman–Crippen MR) is 66.7 cm³/mol. The molecule has 4 nitrogen and oxygen atoms in total. The Labute approximate surface area is 101 Å². The third-order valence-corrected chi connectivity index (χ3v) is 3.10. The van der Waals surface area contributed by atoms with Crippen LogP contribution in [0.3, 0.4) is 0 Å². The van der Waals surface area contributed by atoms with E-state index in [1.165, 1.54) is 4.90 Å². The molecule has 0 heterocycles. The van der Waals surface area contributed by atoms with Crippen molar-refractivity contribution in [2.24, 2.45) is 5.92 Å². The van der Waals surface area contributed by atoms with E-state index in [0.29, 0.717) is 18.2 Å². The molecule has 0 aromatic rings. The third kappa shape index (κ3) is 7.56. The first kappa shape index (κ1) is 15.3. The van der Waals surface area contributed by atoms with Crippen LogP contribution < -0.4 is 0 Å². The van der Waals surface area contributed by atoms with Crippen molar-refractivity contribution >= 4 is 23.6 Å². The van der Waals surface area contributed by atoms with Crippen LogP contribution in [0.25, 0.3) is 0 Å². The largest absolute Gasteiger partial charge is 0.480 e. The average Bonchev–Trinajstić information content (AvgIpc) is 2.20. The molecular formula is C11H21NO3S. The van der Waals surface area contributed by atoms with Gasteiger partial charge < -0.3 is 10.0 Å². The van der Waals surface area contributed by atoms with Gasteiger partial charge in [0.25, 0.3) is 0 Å². The van der Waals surface area contributed by atoms with E-state index in [1.54, 1.807) is 18.7 Å². The smallest absolute Gasteiger partial charge is 0.323 e. The lowest BCUT2D eigenvalue weighted by molar-refractivity contribution is -0.143. The average molecular weight is 247 g/mol. The molecular weight excluding hydrogens is 226 g/mol. The van der Waals surface area contributed by atoms with E-state index in [1.807, 2.05) is 0 Å². The van der Waals surface area contributed by atoms with Crippen LogP contribution >= 0.6 is 11.8 Å². The number of hydrogen-bond donors (Lipinski definition) is 1. The molecule has 0 bridgehead atoms. The molecule has 0 atom stereocenters. The lowest BCUT2D eigenvalue weighted by Crippen LogP contribution is -2.36. The van der Waals surface area contributed by atoms with Crippen LogP contribution in [0.5, 0.6) is 0 Å². The van der Waals surface area contributed by atoms with Crippen molar-refractivity contribution in [2.45, 2.75) is 27.2 Å². The lowest BCUT2D eigenvalue weighted by Gasteiger charge is -2.18. The summed E-state index contributed by atoms with van der Waals surface area (Å²) in [5, 5.41) is 8.61. The maximum absolute atomic E-state index is 11.6. The number of thioether (sulfide) groups is 1. The van der Waals surface area contributed by atoms with Crippen LogP contribution in [-0.2, 0) is 9.59 Å². The second-order valence-corrected chi connectivity index (χ2v) is 5.14. The van der Waals surface area contributed by atoms with Gasteiger partial charge in [-0.05, 0) is 25.0 Å². The number of rotatable bonds is 8. The molecule has 94 valence electrons. The molecule has 1 amide bonds. The van der Waals surface area contributed by atoms with E-state index in [2.05, 4.69) is 13.8 Å². The highest BCUT2D eigenvalue weighted by atomic mass is 32.2. The number of carbonyl (C=O) groups is 2. The van der Waals surface area contributed by atoms with Crippen molar-refractivity contribution in [3.8, 4) is 0 Å². The molecule has 0 aliphatic rings. The van der Waals surface area contributed by atoms with Crippen LogP contribution in [0.1, 0.15) is 27.2 Å². The van der Waals surface area contributed by atoms with E-state index in [9.17, 15) is 9.59 Å². The predicted octanol–water partition coefficient (Wildman–Crippen LogP) is 1.70. The van der Waals surface area contributed by atoms with E-state index in [0.717, 1.165) is 12.2 Å². The second-order valence-electron chi connectivity index (χ2n) is 4.04. The summed E-state index contributed by atoms with van der Waals surface area (Å²) in [6.07, 6.45) is 1.09. The molecule has 16 heavy (non-hydrogen) atoms. The number of amides is 1. The zero-order valence-electron chi connectivity index (χ0n) is 10.2. The number of nitrogens with zero attached hydrogens (tertiary/aromatic N) is 1. The molecule has 0 aromatic heterocycles. The minimum atomic E-state index is -0.956. The van der Waals surface area contributed by atoms with Gasteiger partial charge in [0, 0.05) is 6.54 Å². The topological polar surface area (TPSA) is 57.6 Å². The molecule has 0 radical (unpaired) electrons. The van der Waals surface area contributed by atoms with Crippen molar-refractivity contribution in [1.29, 1.82) is 0 Å². The molecule has 0 rings (SSSR count). The summed E-state index contributed by atoms with van der Waals surface area (Å²) >= 11 is 1.58. The van der Waals surface area contributed by atoms with Crippen LogP contribution in [0.4, 0.5) is 0 Å². The first-order valence-corrected chi connectivity index (χ1v) is 6.70. The number of hydrogen-bond acceptors (Lipinski definition) is 3. The van der Waals surface area contributed by atoms with Crippen molar-refractivity contribution in [3.05, 3.63) is 0 Å². The number of carboxylic acids is 1. The maximum atomic E-state index is 11.6. The zero-order valence-corrected chi connectivity index (χ0v) is 11.0. The summed E-state index contributed by atoms with van der Waals surface area (Å²) in [4.78, 5) is 23.5. The molecule has 0 saturated carbocycles. The molecule has 0 saturated heterocycles. The van der Waals surface area contributed by atoms with Crippen molar-refractivity contribution in [1.82, 2.24) is 4.90 Å². The summed E-state index contributed by atoms with van der Waals surface area (Å²) in [7, 11) is 0. The summed E-state index contributed by atoms with van der Waals surface area (Å²) in [6, 6.07) is 0. The van der Waals surface area contributed by atoms with Gasteiger partial charge in [0.05, 0.1) is 5.75 Å². The first-order valence-electron chi connectivity index (χ1n) is 5.54. The summed E-state index contributed by atoms with van der Waals surface area (Å²) in [5.41, 5.74) is 0. The number of carbonyl (C=O) groups excluding carboxylic acids is 1. The van der Waals surface area contributed by atoms with Crippen LogP contribution in [0, 0.1) is 5.92 Å². The number of carboxylic acid groups (broad SMARTS) is 1. The maximum Gasteiger partial charge on any atom is 0.323 e. The molecule has 0 unspecified atom stereocenters. The Hall–Kier alpha value is -0.710. The van der Waals surface area contributed by atoms with E-state index < -0.39 is 5.97 Å². The van der Waals surface area contributed by atoms with E-state index >= 15 is 0 Å². The van der Waals surface area contributed by atoms with Gasteiger partial charge in [-0.25, -0.2) is 0 Å². The molecule has 5 heteroatoms. The van der Waals surface area contributed by atoms with Crippen molar-refractivity contribution in [3.63, 3.8) is 0 Å². The van der Waals surface area contributed by atoms with E-state index in [-0.39, 0.29) is 12.5 Å². The van der Waals surface area contributed by atoms with Gasteiger partial charge in [0.1, 0.15) is 6.54 Å². The highest BCUT2D eigenvalue weighted by Crippen LogP contribution is 2.09. The number of likely N-dealkylation sites (N-methyl/N-ethyl adjacent to an activating group) is 1. The Bertz CT molecular complexity index is 231. The fourth-order valence-electron chi connectivity index (χ4n) is 1.11. The van der Waals surface area contributed by atoms with Gasteiger partial charge in [-0.3, -0.25) is 9.59 Å². The van der Waals surface area contributed by atoms with Gasteiger partial charge in [0.15, 0.2) is 0 Å².